The SMILES string of the molecule is Cc1cc(Nc2nc(Sc3cccc(O)c3)nn3cccc23)n[nH]1. The number of H-pyrrole nitrogens is 1. The minimum Gasteiger partial charge on any atom is -0.508 e. The molecule has 0 saturated carbocycles. The number of phenols is 1. The first kappa shape index (κ1) is 14.6. The van der Waals surface area contributed by atoms with E-state index in [0.717, 1.165) is 16.1 Å². The Bertz CT molecular complexity index is 1010. The number of aromatic hydroxyl groups is 1. The van der Waals surface area contributed by atoms with Gasteiger partial charge in [-0.2, -0.15) is 5.10 Å². The molecule has 7 nitrogen and oxygen atoms in total. The molecule has 0 spiro atoms. The monoisotopic (exact) mass is 338 g/mol. The van der Waals surface area contributed by atoms with Crippen molar-refractivity contribution in [2.45, 2.75) is 17.0 Å². The molecule has 3 aromatic heterocycles. The summed E-state index contributed by atoms with van der Waals surface area (Å²) in [6, 6.07) is 12.8. The smallest absolute Gasteiger partial charge is 0.214 e. The summed E-state index contributed by atoms with van der Waals surface area (Å²) in [6.45, 7) is 1.94. The van der Waals surface area contributed by atoms with Crippen LogP contribution in [0.15, 0.2) is 58.7 Å². The van der Waals surface area contributed by atoms with E-state index in [2.05, 4.69) is 25.6 Å². The Labute approximate surface area is 141 Å². The first-order chi connectivity index (χ1) is 11.7. The second kappa shape index (κ2) is 5.89. The molecule has 0 aliphatic carbocycles. The van der Waals surface area contributed by atoms with Crippen LogP contribution >= 0.6 is 11.8 Å². The van der Waals surface area contributed by atoms with Crippen molar-refractivity contribution in [1.29, 1.82) is 0 Å². The number of anilines is 2. The molecule has 120 valence electrons. The summed E-state index contributed by atoms with van der Waals surface area (Å²) in [4.78, 5) is 5.45. The minimum atomic E-state index is 0.215. The van der Waals surface area contributed by atoms with Crippen molar-refractivity contribution in [1.82, 2.24) is 24.8 Å². The van der Waals surface area contributed by atoms with Gasteiger partial charge >= 0.3 is 0 Å². The second-order valence-corrected chi connectivity index (χ2v) is 6.28. The summed E-state index contributed by atoms with van der Waals surface area (Å²) in [5.41, 5.74) is 1.82. The lowest BCUT2D eigenvalue weighted by Gasteiger charge is -2.07. The number of fused-ring (bicyclic) bond motifs is 1. The largest absolute Gasteiger partial charge is 0.508 e. The normalized spacial score (nSPS) is 11.0. The summed E-state index contributed by atoms with van der Waals surface area (Å²) in [5, 5.41) is 24.9. The zero-order valence-electron chi connectivity index (χ0n) is 12.8. The molecule has 1 aromatic carbocycles. The van der Waals surface area contributed by atoms with Gasteiger partial charge in [0.05, 0.1) is 0 Å². The van der Waals surface area contributed by atoms with Crippen LogP contribution in [0.5, 0.6) is 5.75 Å². The van der Waals surface area contributed by atoms with Crippen molar-refractivity contribution >= 4 is 28.9 Å². The minimum absolute atomic E-state index is 0.215. The van der Waals surface area contributed by atoms with Gasteiger partial charge in [-0.15, -0.1) is 5.10 Å². The molecule has 24 heavy (non-hydrogen) atoms. The number of phenolic OH excluding ortho intramolecular Hbond substituents is 1. The number of aryl methyl sites for hydroxylation is 1. The molecule has 3 N–H and O–H groups in total. The average Bonchev–Trinajstić information content (AvgIpc) is 3.16. The van der Waals surface area contributed by atoms with E-state index < -0.39 is 0 Å². The van der Waals surface area contributed by atoms with Crippen molar-refractivity contribution in [3.63, 3.8) is 0 Å². The van der Waals surface area contributed by atoms with Crippen LogP contribution in [-0.4, -0.2) is 29.9 Å². The highest BCUT2D eigenvalue weighted by atomic mass is 32.2. The summed E-state index contributed by atoms with van der Waals surface area (Å²) >= 11 is 1.38. The van der Waals surface area contributed by atoms with Gasteiger partial charge in [0.2, 0.25) is 5.16 Å². The topological polar surface area (TPSA) is 91.1 Å². The number of rotatable bonds is 4. The second-order valence-electron chi connectivity index (χ2n) is 5.24. The van der Waals surface area contributed by atoms with E-state index in [-0.39, 0.29) is 5.75 Å². The van der Waals surface area contributed by atoms with Crippen LogP contribution in [0.1, 0.15) is 5.69 Å². The number of hydrogen-bond donors (Lipinski definition) is 3. The van der Waals surface area contributed by atoms with E-state index in [0.29, 0.717) is 16.8 Å². The number of nitrogens with zero attached hydrogens (tertiary/aromatic N) is 4. The summed E-state index contributed by atoms with van der Waals surface area (Å²) in [7, 11) is 0. The predicted molar refractivity (Wildman–Crippen MR) is 91.8 cm³/mol. The quantitative estimate of drug-likeness (QED) is 0.528. The number of aromatic amines is 1. The van der Waals surface area contributed by atoms with Crippen LogP contribution in [0, 0.1) is 6.92 Å². The molecule has 0 radical (unpaired) electrons. The fourth-order valence-electron chi connectivity index (χ4n) is 2.31. The molecule has 0 atom stereocenters. The van der Waals surface area contributed by atoms with Gasteiger partial charge in [-0.05, 0) is 49.0 Å². The molecule has 0 amide bonds. The van der Waals surface area contributed by atoms with Crippen LogP contribution in [0.25, 0.3) is 5.52 Å². The molecule has 0 aliphatic heterocycles. The van der Waals surface area contributed by atoms with E-state index in [1.165, 1.54) is 11.8 Å². The van der Waals surface area contributed by atoms with Crippen LogP contribution in [0.3, 0.4) is 0 Å². The molecule has 3 heterocycles. The Hall–Kier alpha value is -3.00. The van der Waals surface area contributed by atoms with E-state index in [1.807, 2.05) is 37.4 Å². The van der Waals surface area contributed by atoms with E-state index in [4.69, 9.17) is 0 Å². The number of hydrogen-bond acceptors (Lipinski definition) is 6. The molecular formula is C16H14N6OS. The maximum absolute atomic E-state index is 9.60. The lowest BCUT2D eigenvalue weighted by atomic mass is 10.3. The fraction of sp³-hybridized carbons (Fsp3) is 0.0625. The Morgan fingerprint density at radius 3 is 2.92 bits per heavy atom. The van der Waals surface area contributed by atoms with Gasteiger partial charge in [0, 0.05) is 22.9 Å². The van der Waals surface area contributed by atoms with Gasteiger partial charge in [0.1, 0.15) is 11.3 Å². The first-order valence-electron chi connectivity index (χ1n) is 7.29. The maximum Gasteiger partial charge on any atom is 0.214 e. The zero-order valence-corrected chi connectivity index (χ0v) is 13.6. The third kappa shape index (κ3) is 2.91. The summed E-state index contributed by atoms with van der Waals surface area (Å²) in [6.07, 6.45) is 1.87. The third-order valence-electron chi connectivity index (χ3n) is 3.35. The predicted octanol–water partition coefficient (Wildman–Crippen LogP) is 3.36. The van der Waals surface area contributed by atoms with Crippen molar-refractivity contribution in [3.05, 3.63) is 54.4 Å². The van der Waals surface area contributed by atoms with Gasteiger partial charge < -0.3 is 10.4 Å². The van der Waals surface area contributed by atoms with Gasteiger partial charge in [0.25, 0.3) is 0 Å². The standard InChI is InChI=1S/C16H14N6OS/c1-10-8-14(20-19-10)17-15-13-6-3-7-22(13)21-16(18-15)24-12-5-2-4-11(23)9-12/h2-9,23H,1H3,(H2,17,18,19,20,21). The lowest BCUT2D eigenvalue weighted by molar-refractivity contribution is 0.474. The van der Waals surface area contributed by atoms with Gasteiger partial charge in [-0.25, -0.2) is 9.50 Å². The van der Waals surface area contributed by atoms with Gasteiger partial charge in [-0.1, -0.05) is 6.07 Å². The molecule has 4 aromatic rings. The van der Waals surface area contributed by atoms with Crippen LogP contribution in [0.4, 0.5) is 11.6 Å². The molecular weight excluding hydrogens is 324 g/mol. The Morgan fingerprint density at radius 2 is 2.12 bits per heavy atom. The van der Waals surface area contributed by atoms with Crippen LogP contribution in [0.2, 0.25) is 0 Å². The summed E-state index contributed by atoms with van der Waals surface area (Å²) in [5.74, 6) is 1.58. The molecule has 8 heteroatoms. The Kier molecular flexibility index (Phi) is 3.58. The highest BCUT2D eigenvalue weighted by Crippen LogP contribution is 2.29. The molecule has 0 saturated heterocycles. The van der Waals surface area contributed by atoms with Crippen molar-refractivity contribution in [3.8, 4) is 5.75 Å². The van der Waals surface area contributed by atoms with Crippen LogP contribution < -0.4 is 5.32 Å². The molecule has 0 unspecified atom stereocenters. The highest BCUT2D eigenvalue weighted by Gasteiger charge is 2.11. The van der Waals surface area contributed by atoms with E-state index in [9.17, 15) is 5.11 Å². The molecule has 0 aliphatic rings. The Balaban J connectivity index is 1.71. The zero-order chi connectivity index (χ0) is 16.5. The number of nitrogens with one attached hydrogen (secondary N) is 2. The summed E-state index contributed by atoms with van der Waals surface area (Å²) < 4.78 is 1.76. The number of benzene rings is 1. The van der Waals surface area contributed by atoms with E-state index >= 15 is 0 Å². The fourth-order valence-corrected chi connectivity index (χ4v) is 3.11. The van der Waals surface area contributed by atoms with Gasteiger partial charge in [0.15, 0.2) is 11.6 Å². The first-order valence-corrected chi connectivity index (χ1v) is 8.10. The van der Waals surface area contributed by atoms with Crippen molar-refractivity contribution < 1.29 is 5.11 Å². The van der Waals surface area contributed by atoms with Crippen molar-refractivity contribution in [2.24, 2.45) is 0 Å². The highest BCUT2D eigenvalue weighted by molar-refractivity contribution is 7.99. The molecule has 4 rings (SSSR count). The third-order valence-corrected chi connectivity index (χ3v) is 4.20. The molecule has 0 fully saturated rings. The molecule has 0 bridgehead atoms. The number of aromatic nitrogens is 5. The van der Waals surface area contributed by atoms with Gasteiger partial charge in [-0.3, -0.25) is 5.10 Å². The van der Waals surface area contributed by atoms with E-state index in [1.54, 1.807) is 22.7 Å². The van der Waals surface area contributed by atoms with Crippen LogP contribution in [-0.2, 0) is 0 Å². The van der Waals surface area contributed by atoms with Crippen molar-refractivity contribution in [2.75, 3.05) is 5.32 Å². The lowest BCUT2D eigenvalue weighted by Crippen LogP contribution is -2.02. The Morgan fingerprint density at radius 1 is 1.21 bits per heavy atom. The maximum atomic E-state index is 9.60. The average molecular weight is 338 g/mol.